The Morgan fingerprint density at radius 3 is 2.57 bits per heavy atom. The number of benzene rings is 2. The Bertz CT molecular complexity index is 741. The summed E-state index contributed by atoms with van der Waals surface area (Å²) in [6.07, 6.45) is 0.663. The fraction of sp³-hybridized carbons (Fsp3) is 0.176. The van der Waals surface area contributed by atoms with E-state index in [1.165, 1.54) is 31.3 Å². The van der Waals surface area contributed by atoms with Crippen molar-refractivity contribution < 1.29 is 13.7 Å². The molecule has 0 heterocycles. The van der Waals surface area contributed by atoms with Crippen LogP contribution < -0.4 is 8.92 Å². The minimum absolute atomic E-state index is 0.0225. The average Bonchev–Trinajstić information content (AvgIpc) is 2.59. The van der Waals surface area contributed by atoms with Crippen LogP contribution in [0.25, 0.3) is 0 Å². The molecule has 0 saturated heterocycles. The van der Waals surface area contributed by atoms with Gasteiger partial charge in [-0.1, -0.05) is 23.7 Å². The smallest absolute Gasteiger partial charge is 0.196 e. The minimum Gasteiger partial charge on any atom is -0.493 e. The Morgan fingerprint density at radius 1 is 1.30 bits per heavy atom. The summed E-state index contributed by atoms with van der Waals surface area (Å²) in [4.78, 5) is 10.9. The predicted octanol–water partition coefficient (Wildman–Crippen LogP) is 4.82. The molecule has 0 bridgehead atoms. The summed E-state index contributed by atoms with van der Waals surface area (Å²) < 4.78 is 10.9. The Balaban J connectivity index is 2.21. The van der Waals surface area contributed by atoms with Gasteiger partial charge < -0.3 is 8.92 Å². The lowest BCUT2D eigenvalue weighted by Crippen LogP contribution is -1.97. The molecule has 0 aliphatic carbocycles. The Kier molecular flexibility index (Phi) is 5.91. The molecule has 0 fully saturated rings. The van der Waals surface area contributed by atoms with Gasteiger partial charge in [0.05, 0.1) is 24.4 Å². The van der Waals surface area contributed by atoms with Crippen molar-refractivity contribution in [1.29, 1.82) is 5.26 Å². The molecule has 2 aromatic rings. The molecule has 0 radical (unpaired) electrons. The highest BCUT2D eigenvalue weighted by Crippen LogP contribution is 2.38. The molecule has 0 spiro atoms. The molecule has 2 rings (SSSR count). The van der Waals surface area contributed by atoms with Crippen LogP contribution in [0.2, 0.25) is 5.02 Å². The van der Waals surface area contributed by atoms with Gasteiger partial charge in [0, 0.05) is 10.6 Å². The zero-order valence-corrected chi connectivity index (χ0v) is 14.1. The third-order valence-electron chi connectivity index (χ3n) is 3.17. The summed E-state index contributed by atoms with van der Waals surface area (Å²) in [5.41, 5.74) is 1.66. The minimum atomic E-state index is 0.0225. The molecule has 1 unspecified atom stereocenters. The quantitative estimate of drug-likeness (QED) is 0.553. The number of hydrogen-bond donors (Lipinski definition) is 0. The highest BCUT2D eigenvalue weighted by atomic mass is 35.5. The molecule has 118 valence electrons. The second kappa shape index (κ2) is 7.91. The number of aldehydes is 1. The van der Waals surface area contributed by atoms with Gasteiger partial charge in [-0.15, -0.1) is 0 Å². The zero-order chi connectivity index (χ0) is 16.8. The van der Waals surface area contributed by atoms with E-state index in [0.717, 1.165) is 5.56 Å². The molecule has 0 aromatic heterocycles. The molecule has 1 atom stereocenters. The summed E-state index contributed by atoms with van der Waals surface area (Å²) in [5.74, 6) is 0.661. The maximum absolute atomic E-state index is 10.9. The van der Waals surface area contributed by atoms with Gasteiger partial charge in [0.15, 0.2) is 11.5 Å². The third kappa shape index (κ3) is 4.19. The number of halogens is 1. The number of nitrogens with zero attached hydrogens (tertiary/aromatic N) is 1. The summed E-state index contributed by atoms with van der Waals surface area (Å²) in [7, 11) is 1.46. The zero-order valence-electron chi connectivity index (χ0n) is 12.6. The van der Waals surface area contributed by atoms with Crippen LogP contribution in [-0.2, 0) is 0 Å². The van der Waals surface area contributed by atoms with Gasteiger partial charge in [-0.2, -0.15) is 5.26 Å². The number of hydrogen-bond acceptors (Lipinski definition) is 5. The Labute approximate surface area is 144 Å². The molecular weight excluding hydrogens is 334 g/mol. The van der Waals surface area contributed by atoms with Gasteiger partial charge in [0.2, 0.25) is 0 Å². The normalized spacial score (nSPS) is 11.4. The Morgan fingerprint density at radius 2 is 2.00 bits per heavy atom. The van der Waals surface area contributed by atoms with E-state index >= 15 is 0 Å². The fourth-order valence-electron chi connectivity index (χ4n) is 1.92. The first-order valence-corrected chi connectivity index (χ1v) is 7.93. The van der Waals surface area contributed by atoms with E-state index in [4.69, 9.17) is 20.5 Å². The highest BCUT2D eigenvalue weighted by molar-refractivity contribution is 7.95. The topological polar surface area (TPSA) is 59.3 Å². The molecular formula is C17H14ClNO3S. The van der Waals surface area contributed by atoms with Crippen LogP contribution in [0.15, 0.2) is 36.4 Å². The first-order valence-electron chi connectivity index (χ1n) is 6.75. The first-order chi connectivity index (χ1) is 11.1. The van der Waals surface area contributed by atoms with Crippen molar-refractivity contribution in [3.63, 3.8) is 0 Å². The first kappa shape index (κ1) is 17.2. The van der Waals surface area contributed by atoms with Crippen LogP contribution in [0.5, 0.6) is 11.5 Å². The van der Waals surface area contributed by atoms with E-state index < -0.39 is 0 Å². The number of ether oxygens (including phenoxy) is 1. The van der Waals surface area contributed by atoms with Crippen molar-refractivity contribution in [3.8, 4) is 17.6 Å². The molecule has 0 aliphatic rings. The van der Waals surface area contributed by atoms with Crippen LogP contribution in [0.4, 0.5) is 0 Å². The maximum Gasteiger partial charge on any atom is 0.196 e. The van der Waals surface area contributed by atoms with Crippen molar-refractivity contribution in [2.75, 3.05) is 7.11 Å². The van der Waals surface area contributed by atoms with Gasteiger partial charge in [0.25, 0.3) is 0 Å². The number of methoxy groups -OCH3 is 1. The van der Waals surface area contributed by atoms with Crippen LogP contribution in [0.1, 0.15) is 33.7 Å². The van der Waals surface area contributed by atoms with E-state index in [1.54, 1.807) is 0 Å². The average molecular weight is 348 g/mol. The second-order valence-electron chi connectivity index (χ2n) is 4.70. The molecule has 6 heteroatoms. The van der Waals surface area contributed by atoms with Crippen LogP contribution >= 0.6 is 23.6 Å². The number of rotatable bonds is 6. The predicted molar refractivity (Wildman–Crippen MR) is 91.2 cm³/mol. The van der Waals surface area contributed by atoms with Crippen molar-refractivity contribution >= 4 is 29.9 Å². The lowest BCUT2D eigenvalue weighted by atomic mass is 10.1. The molecule has 0 saturated carbocycles. The molecule has 4 nitrogen and oxygen atoms in total. The van der Waals surface area contributed by atoms with E-state index in [-0.39, 0.29) is 10.8 Å². The molecule has 23 heavy (non-hydrogen) atoms. The summed E-state index contributed by atoms with van der Waals surface area (Å²) in [5, 5.41) is 9.94. The van der Waals surface area contributed by atoms with Gasteiger partial charge in [-0.3, -0.25) is 4.79 Å². The van der Waals surface area contributed by atoms with Crippen LogP contribution in [0, 0.1) is 11.3 Å². The summed E-state index contributed by atoms with van der Waals surface area (Å²) in [6.45, 7) is 1.98. The van der Waals surface area contributed by atoms with Crippen LogP contribution in [0.3, 0.4) is 0 Å². The fourth-order valence-corrected chi connectivity index (χ4v) is 2.73. The van der Waals surface area contributed by atoms with Crippen molar-refractivity contribution in [2.45, 2.75) is 12.2 Å². The monoisotopic (exact) mass is 347 g/mol. The van der Waals surface area contributed by atoms with Gasteiger partial charge >= 0.3 is 0 Å². The summed E-state index contributed by atoms with van der Waals surface area (Å²) in [6, 6.07) is 12.5. The molecule has 0 aliphatic heterocycles. The standard InChI is InChI=1S/C17H14ClNO3S/c1-11(13-3-5-15(18)6-4-13)23-22-17-14(9-19)7-12(10-20)8-16(17)21-2/h3-8,10-11H,1-2H3. The van der Waals surface area contributed by atoms with Gasteiger partial charge in [-0.05, 0) is 36.8 Å². The number of nitriles is 1. The lowest BCUT2D eigenvalue weighted by molar-refractivity contribution is 0.112. The van der Waals surface area contributed by atoms with E-state index in [9.17, 15) is 10.1 Å². The van der Waals surface area contributed by atoms with E-state index in [1.807, 2.05) is 37.3 Å². The Hall–Kier alpha value is -2.16. The van der Waals surface area contributed by atoms with Crippen molar-refractivity contribution in [2.24, 2.45) is 0 Å². The summed E-state index contributed by atoms with van der Waals surface area (Å²) >= 11 is 7.08. The van der Waals surface area contributed by atoms with Crippen LogP contribution in [-0.4, -0.2) is 13.4 Å². The third-order valence-corrected chi connectivity index (χ3v) is 4.24. The largest absolute Gasteiger partial charge is 0.493 e. The number of carbonyl (C=O) groups excluding carboxylic acids is 1. The molecule has 0 N–H and O–H groups in total. The van der Waals surface area contributed by atoms with Crippen molar-refractivity contribution in [3.05, 3.63) is 58.1 Å². The lowest BCUT2D eigenvalue weighted by Gasteiger charge is -2.15. The SMILES string of the molecule is COc1cc(C=O)cc(C#N)c1OSC(C)c1ccc(Cl)cc1. The molecule has 2 aromatic carbocycles. The van der Waals surface area contributed by atoms with Gasteiger partial charge in [0.1, 0.15) is 17.9 Å². The molecule has 0 amide bonds. The number of carbonyl (C=O) groups is 1. The van der Waals surface area contributed by atoms with Gasteiger partial charge in [-0.25, -0.2) is 0 Å². The van der Waals surface area contributed by atoms with E-state index in [2.05, 4.69) is 0 Å². The highest BCUT2D eigenvalue weighted by Gasteiger charge is 2.16. The second-order valence-corrected chi connectivity index (χ2v) is 6.21. The maximum atomic E-state index is 10.9. The van der Waals surface area contributed by atoms with Crippen molar-refractivity contribution in [1.82, 2.24) is 0 Å². The van der Waals surface area contributed by atoms with E-state index in [0.29, 0.717) is 28.4 Å².